The van der Waals surface area contributed by atoms with Crippen molar-refractivity contribution in [3.8, 4) is 0 Å². The molecule has 1 saturated heterocycles. The van der Waals surface area contributed by atoms with Crippen LogP contribution in [0.4, 0.5) is 8.78 Å². The van der Waals surface area contributed by atoms with Gasteiger partial charge in [-0.3, -0.25) is 4.99 Å². The Bertz CT molecular complexity index is 778. The fourth-order valence-corrected chi connectivity index (χ4v) is 3.55. The number of likely N-dealkylation sites (tertiary alicyclic amines) is 1. The van der Waals surface area contributed by atoms with Gasteiger partial charge in [0.15, 0.2) is 5.96 Å². The molecule has 1 N–H and O–H groups in total. The fourth-order valence-electron chi connectivity index (χ4n) is 3.55. The summed E-state index contributed by atoms with van der Waals surface area (Å²) < 4.78 is 33.5. The zero-order valence-electron chi connectivity index (χ0n) is 16.9. The maximum Gasteiger partial charge on any atom is 0.193 e. The lowest BCUT2D eigenvalue weighted by atomic mass is 10.1. The molecule has 1 aliphatic rings. The maximum atomic E-state index is 13.8. The van der Waals surface area contributed by atoms with Crippen LogP contribution in [0.5, 0.6) is 0 Å². The molecule has 2 aromatic carbocycles. The first-order valence-electron chi connectivity index (χ1n) is 10.2. The Morgan fingerprint density at radius 2 is 1.90 bits per heavy atom. The highest BCUT2D eigenvalue weighted by molar-refractivity contribution is 5.80. The molecule has 0 amide bonds. The van der Waals surface area contributed by atoms with E-state index in [-0.39, 0.29) is 12.0 Å². The summed E-state index contributed by atoms with van der Waals surface area (Å²) >= 11 is 0. The number of halogens is 2. The van der Waals surface area contributed by atoms with Gasteiger partial charge in [-0.25, -0.2) is 8.78 Å². The largest absolute Gasteiger partial charge is 0.376 e. The molecule has 0 aliphatic carbocycles. The standard InChI is InChI=1S/C23H29F2N3O/c1-2-26-23(27-13-11-20-21(24)9-6-10-22(20)25)28-14-12-19(15-28)17-29-16-18-7-4-3-5-8-18/h3-10,19H,2,11-17H2,1H3,(H,26,27). The molecule has 4 nitrogen and oxygen atoms in total. The molecule has 156 valence electrons. The van der Waals surface area contributed by atoms with Crippen LogP contribution in [0.2, 0.25) is 0 Å². The smallest absolute Gasteiger partial charge is 0.193 e. The van der Waals surface area contributed by atoms with Crippen LogP contribution in [0.15, 0.2) is 53.5 Å². The molecule has 0 saturated carbocycles. The number of hydrogen-bond donors (Lipinski definition) is 1. The molecule has 0 radical (unpaired) electrons. The Kier molecular flexibility index (Phi) is 7.99. The van der Waals surface area contributed by atoms with Gasteiger partial charge in [0.1, 0.15) is 11.6 Å². The van der Waals surface area contributed by atoms with Gasteiger partial charge in [-0.15, -0.1) is 0 Å². The Hall–Kier alpha value is -2.47. The molecule has 0 bridgehead atoms. The minimum absolute atomic E-state index is 0.0979. The summed E-state index contributed by atoms with van der Waals surface area (Å²) in [5, 5.41) is 3.29. The van der Waals surface area contributed by atoms with Crippen LogP contribution >= 0.6 is 0 Å². The number of rotatable bonds is 8. The Labute approximate surface area is 171 Å². The van der Waals surface area contributed by atoms with Gasteiger partial charge in [0, 0.05) is 37.7 Å². The quantitative estimate of drug-likeness (QED) is 0.536. The first kappa shape index (κ1) is 21.2. The third-order valence-electron chi connectivity index (χ3n) is 5.07. The predicted octanol–water partition coefficient (Wildman–Crippen LogP) is 4.01. The number of nitrogens with zero attached hydrogens (tertiary/aromatic N) is 2. The SMILES string of the molecule is CCNC(=NCCc1c(F)cccc1F)N1CCC(COCc2ccccc2)C1. The summed E-state index contributed by atoms with van der Waals surface area (Å²) in [6.07, 6.45) is 1.28. The number of hydrogen-bond acceptors (Lipinski definition) is 2. The van der Waals surface area contributed by atoms with Crippen molar-refractivity contribution >= 4 is 5.96 Å². The molecule has 1 heterocycles. The lowest BCUT2D eigenvalue weighted by Crippen LogP contribution is -2.40. The predicted molar refractivity (Wildman–Crippen MR) is 112 cm³/mol. The van der Waals surface area contributed by atoms with E-state index >= 15 is 0 Å². The maximum absolute atomic E-state index is 13.8. The summed E-state index contributed by atoms with van der Waals surface area (Å²) in [5.74, 6) is 0.227. The van der Waals surface area contributed by atoms with Crippen LogP contribution in [0.1, 0.15) is 24.5 Å². The van der Waals surface area contributed by atoms with Crippen molar-refractivity contribution in [2.45, 2.75) is 26.4 Å². The minimum atomic E-state index is -0.512. The molecule has 0 aromatic heterocycles. The zero-order valence-corrected chi connectivity index (χ0v) is 16.9. The molecule has 3 rings (SSSR count). The summed E-state index contributed by atoms with van der Waals surface area (Å²) in [4.78, 5) is 6.80. The number of benzene rings is 2. The Morgan fingerprint density at radius 3 is 2.62 bits per heavy atom. The number of nitrogens with one attached hydrogen (secondary N) is 1. The average molecular weight is 402 g/mol. The Balaban J connectivity index is 1.49. The number of ether oxygens (including phenoxy) is 1. The van der Waals surface area contributed by atoms with Crippen LogP contribution in [-0.4, -0.2) is 43.6 Å². The number of aliphatic imine (C=N–C) groups is 1. The number of guanidine groups is 1. The van der Waals surface area contributed by atoms with E-state index in [1.54, 1.807) is 0 Å². The van der Waals surface area contributed by atoms with E-state index in [9.17, 15) is 8.78 Å². The van der Waals surface area contributed by atoms with Gasteiger partial charge < -0.3 is 15.0 Å². The molecule has 29 heavy (non-hydrogen) atoms. The van der Waals surface area contributed by atoms with Gasteiger partial charge in [-0.05, 0) is 37.5 Å². The van der Waals surface area contributed by atoms with Crippen molar-refractivity contribution in [3.05, 3.63) is 71.3 Å². The van der Waals surface area contributed by atoms with E-state index < -0.39 is 11.6 Å². The normalized spacial score (nSPS) is 17.0. The van der Waals surface area contributed by atoms with Gasteiger partial charge in [0.25, 0.3) is 0 Å². The van der Waals surface area contributed by atoms with Crippen LogP contribution < -0.4 is 5.32 Å². The Morgan fingerprint density at radius 1 is 1.14 bits per heavy atom. The van der Waals surface area contributed by atoms with E-state index in [4.69, 9.17) is 4.74 Å². The lowest BCUT2D eigenvalue weighted by Gasteiger charge is -2.21. The van der Waals surface area contributed by atoms with Crippen molar-refractivity contribution < 1.29 is 13.5 Å². The third kappa shape index (κ3) is 6.26. The molecule has 6 heteroatoms. The van der Waals surface area contributed by atoms with Gasteiger partial charge in [0.05, 0.1) is 13.2 Å². The summed E-state index contributed by atoms with van der Waals surface area (Å²) in [7, 11) is 0. The van der Waals surface area contributed by atoms with E-state index in [0.29, 0.717) is 25.7 Å². The summed E-state index contributed by atoms with van der Waals surface area (Å²) in [6.45, 7) is 6.21. The molecule has 2 aromatic rings. The summed E-state index contributed by atoms with van der Waals surface area (Å²) in [6, 6.07) is 14.1. The molecule has 1 aliphatic heterocycles. The van der Waals surface area contributed by atoms with Crippen LogP contribution in [0, 0.1) is 17.6 Å². The van der Waals surface area contributed by atoms with E-state index in [0.717, 1.165) is 32.0 Å². The van der Waals surface area contributed by atoms with Crippen molar-refractivity contribution in [2.24, 2.45) is 10.9 Å². The van der Waals surface area contributed by atoms with Gasteiger partial charge in [-0.1, -0.05) is 36.4 Å². The van der Waals surface area contributed by atoms with E-state index in [2.05, 4.69) is 27.3 Å². The van der Waals surface area contributed by atoms with Crippen LogP contribution in [0.3, 0.4) is 0 Å². The molecular weight excluding hydrogens is 372 g/mol. The third-order valence-corrected chi connectivity index (χ3v) is 5.07. The van der Waals surface area contributed by atoms with Gasteiger partial charge >= 0.3 is 0 Å². The minimum Gasteiger partial charge on any atom is -0.376 e. The lowest BCUT2D eigenvalue weighted by molar-refractivity contribution is 0.0907. The monoisotopic (exact) mass is 401 g/mol. The van der Waals surface area contributed by atoms with Crippen molar-refractivity contribution in [2.75, 3.05) is 32.8 Å². The van der Waals surface area contributed by atoms with Gasteiger partial charge in [-0.2, -0.15) is 0 Å². The van der Waals surface area contributed by atoms with Gasteiger partial charge in [0.2, 0.25) is 0 Å². The van der Waals surface area contributed by atoms with E-state index in [1.165, 1.54) is 23.8 Å². The van der Waals surface area contributed by atoms with Crippen molar-refractivity contribution in [1.82, 2.24) is 10.2 Å². The second-order valence-electron chi connectivity index (χ2n) is 7.29. The second kappa shape index (κ2) is 10.9. The molecule has 1 atom stereocenters. The first-order valence-corrected chi connectivity index (χ1v) is 10.2. The summed E-state index contributed by atoms with van der Waals surface area (Å²) in [5.41, 5.74) is 1.28. The molecule has 1 fully saturated rings. The molecular formula is C23H29F2N3O. The zero-order chi connectivity index (χ0) is 20.5. The average Bonchev–Trinajstić information content (AvgIpc) is 3.19. The second-order valence-corrected chi connectivity index (χ2v) is 7.29. The highest BCUT2D eigenvalue weighted by Crippen LogP contribution is 2.18. The molecule has 1 unspecified atom stereocenters. The highest BCUT2D eigenvalue weighted by Gasteiger charge is 2.25. The molecule has 0 spiro atoms. The van der Waals surface area contributed by atoms with Crippen LogP contribution in [0.25, 0.3) is 0 Å². The van der Waals surface area contributed by atoms with Crippen molar-refractivity contribution in [1.29, 1.82) is 0 Å². The first-order chi connectivity index (χ1) is 14.2. The topological polar surface area (TPSA) is 36.9 Å². The van der Waals surface area contributed by atoms with E-state index in [1.807, 2.05) is 25.1 Å². The van der Waals surface area contributed by atoms with Crippen LogP contribution in [-0.2, 0) is 17.8 Å². The van der Waals surface area contributed by atoms with Crippen molar-refractivity contribution in [3.63, 3.8) is 0 Å². The highest BCUT2D eigenvalue weighted by atomic mass is 19.1. The fraction of sp³-hybridized carbons (Fsp3) is 0.435.